The van der Waals surface area contributed by atoms with Gasteiger partial charge < -0.3 is 10.1 Å². The van der Waals surface area contributed by atoms with Crippen molar-refractivity contribution in [1.29, 1.82) is 5.26 Å². The fourth-order valence-corrected chi connectivity index (χ4v) is 4.53. The van der Waals surface area contributed by atoms with Gasteiger partial charge in [0.1, 0.15) is 6.04 Å². The Morgan fingerprint density at radius 2 is 1.70 bits per heavy atom. The maximum Gasteiger partial charge on any atom is 0.338 e. The molecule has 0 unspecified atom stereocenters. The molecule has 1 atom stereocenters. The molecule has 4 rings (SSSR count). The average molecular weight is 454 g/mol. The number of rotatable bonds is 6. The van der Waals surface area contributed by atoms with Crippen LogP contribution >= 0.6 is 11.8 Å². The molecule has 164 valence electrons. The summed E-state index contributed by atoms with van der Waals surface area (Å²) < 4.78 is 5.43. The Bertz CT molecular complexity index is 1230. The molecule has 6 heteroatoms. The monoisotopic (exact) mass is 453 g/mol. The highest BCUT2D eigenvalue weighted by Crippen LogP contribution is 2.36. The molecular weight excluding hydrogens is 430 g/mol. The second kappa shape index (κ2) is 10.7. The lowest BCUT2D eigenvalue weighted by Gasteiger charge is -2.27. The normalized spacial score (nSPS) is 15.3. The first-order valence-electron chi connectivity index (χ1n) is 10.7. The van der Waals surface area contributed by atoms with Crippen LogP contribution in [0.25, 0.3) is 5.70 Å². The summed E-state index contributed by atoms with van der Waals surface area (Å²) in [5, 5.41) is 13.5. The number of ether oxygens (including phenoxy) is 1. The predicted molar refractivity (Wildman–Crippen MR) is 132 cm³/mol. The lowest BCUT2D eigenvalue weighted by Crippen LogP contribution is -2.31. The van der Waals surface area contributed by atoms with E-state index in [2.05, 4.69) is 11.4 Å². The molecule has 1 aliphatic heterocycles. The molecule has 0 radical (unpaired) electrons. The molecule has 3 aromatic rings. The van der Waals surface area contributed by atoms with E-state index in [0.29, 0.717) is 27.8 Å². The van der Waals surface area contributed by atoms with Crippen molar-refractivity contribution in [3.8, 4) is 6.07 Å². The van der Waals surface area contributed by atoms with Gasteiger partial charge in [0.25, 0.3) is 0 Å². The predicted octanol–water partition coefficient (Wildman–Crippen LogP) is 5.47. The number of hydrogen-bond donors (Lipinski definition) is 1. The lowest BCUT2D eigenvalue weighted by molar-refractivity contribution is -0.138. The quantitative estimate of drug-likeness (QED) is 0.501. The van der Waals surface area contributed by atoms with E-state index >= 15 is 0 Å². The van der Waals surface area contributed by atoms with Gasteiger partial charge in [-0.25, -0.2) is 9.79 Å². The summed E-state index contributed by atoms with van der Waals surface area (Å²) in [4.78, 5) is 18.0. The largest absolute Gasteiger partial charge is 0.463 e. The topological polar surface area (TPSA) is 74.5 Å². The van der Waals surface area contributed by atoms with Crippen molar-refractivity contribution >= 4 is 28.6 Å². The molecule has 1 heterocycles. The Morgan fingerprint density at radius 3 is 2.39 bits per heavy atom. The zero-order valence-electron chi connectivity index (χ0n) is 18.2. The van der Waals surface area contributed by atoms with Crippen LogP contribution in [0.3, 0.4) is 0 Å². The molecule has 1 aliphatic rings. The number of nitrogens with one attached hydrogen (secondary N) is 1. The summed E-state index contributed by atoms with van der Waals surface area (Å²) >= 11 is 1.51. The van der Waals surface area contributed by atoms with Crippen LogP contribution in [-0.4, -0.2) is 17.7 Å². The van der Waals surface area contributed by atoms with Crippen LogP contribution in [0.15, 0.2) is 95.5 Å². The third-order valence-electron chi connectivity index (χ3n) is 5.20. The minimum atomic E-state index is -0.504. The van der Waals surface area contributed by atoms with Crippen molar-refractivity contribution in [1.82, 2.24) is 5.32 Å². The number of amidine groups is 1. The molecule has 0 bridgehead atoms. The molecule has 33 heavy (non-hydrogen) atoms. The highest BCUT2D eigenvalue weighted by atomic mass is 32.2. The van der Waals surface area contributed by atoms with Crippen molar-refractivity contribution < 1.29 is 9.53 Å². The second-order valence-electron chi connectivity index (χ2n) is 7.31. The second-order valence-corrected chi connectivity index (χ2v) is 8.27. The highest BCUT2D eigenvalue weighted by molar-refractivity contribution is 8.13. The number of benzene rings is 3. The molecule has 0 saturated heterocycles. The molecule has 0 amide bonds. The smallest absolute Gasteiger partial charge is 0.338 e. The van der Waals surface area contributed by atoms with Crippen molar-refractivity contribution in [3.63, 3.8) is 0 Å². The lowest BCUT2D eigenvalue weighted by atomic mass is 9.94. The Morgan fingerprint density at radius 1 is 1.03 bits per heavy atom. The Hall–Kier alpha value is -3.82. The minimum absolute atomic E-state index is 0.280. The van der Waals surface area contributed by atoms with Crippen molar-refractivity contribution in [3.05, 3.63) is 113 Å². The Labute approximate surface area is 197 Å². The number of nitriles is 1. The standard InChI is InChI=1S/C27H23N3O2S/c1-2-32-26(31)23-24(19-11-5-3-6-12-19)29-27(30-25(23)20-13-7-4-8-14-20)33-18-22-16-10-9-15-21(22)17-28/h3-16,24H,2,18H2,1H3,(H,29,30)/t24-/m1/s1. The molecule has 3 aromatic carbocycles. The molecular formula is C27H23N3O2S. The summed E-state index contributed by atoms with van der Waals surface area (Å²) in [5.41, 5.74) is 4.54. The van der Waals surface area contributed by atoms with Crippen LogP contribution in [0.1, 0.15) is 35.2 Å². The summed E-state index contributed by atoms with van der Waals surface area (Å²) in [7, 11) is 0. The van der Waals surface area contributed by atoms with Gasteiger partial charge in [0.2, 0.25) is 0 Å². The zero-order valence-corrected chi connectivity index (χ0v) is 19.0. The number of thioether (sulfide) groups is 1. The van der Waals surface area contributed by atoms with Crippen LogP contribution in [0.5, 0.6) is 0 Å². The van der Waals surface area contributed by atoms with Gasteiger partial charge in [-0.05, 0) is 29.7 Å². The van der Waals surface area contributed by atoms with Crippen LogP contribution in [0.2, 0.25) is 0 Å². The maximum absolute atomic E-state index is 13.1. The highest BCUT2D eigenvalue weighted by Gasteiger charge is 2.32. The molecule has 0 spiro atoms. The van der Waals surface area contributed by atoms with E-state index in [4.69, 9.17) is 9.73 Å². The number of carbonyl (C=O) groups excluding carboxylic acids is 1. The Balaban J connectivity index is 1.76. The van der Waals surface area contributed by atoms with E-state index in [0.717, 1.165) is 16.7 Å². The first-order valence-corrected chi connectivity index (χ1v) is 11.7. The fourth-order valence-electron chi connectivity index (χ4n) is 3.63. The van der Waals surface area contributed by atoms with E-state index in [-0.39, 0.29) is 12.6 Å². The van der Waals surface area contributed by atoms with Crippen LogP contribution in [0.4, 0.5) is 0 Å². The summed E-state index contributed by atoms with van der Waals surface area (Å²) in [6, 6.07) is 28.8. The van der Waals surface area contributed by atoms with Crippen LogP contribution in [-0.2, 0) is 15.3 Å². The number of nitrogens with zero attached hydrogens (tertiary/aromatic N) is 2. The van der Waals surface area contributed by atoms with Gasteiger partial charge in [-0.3, -0.25) is 0 Å². The summed E-state index contributed by atoms with van der Waals surface area (Å²) in [6.07, 6.45) is 0. The van der Waals surface area contributed by atoms with Gasteiger partial charge >= 0.3 is 5.97 Å². The average Bonchev–Trinajstić information content (AvgIpc) is 2.88. The first kappa shape index (κ1) is 22.4. The third kappa shape index (κ3) is 5.16. The van der Waals surface area contributed by atoms with Crippen molar-refractivity contribution in [2.24, 2.45) is 4.99 Å². The van der Waals surface area contributed by atoms with E-state index in [1.165, 1.54) is 11.8 Å². The molecule has 0 saturated carbocycles. The van der Waals surface area contributed by atoms with Gasteiger partial charge in [-0.15, -0.1) is 0 Å². The first-order chi connectivity index (χ1) is 16.2. The molecule has 0 aromatic heterocycles. The van der Waals surface area contributed by atoms with Crippen molar-refractivity contribution in [2.75, 3.05) is 6.61 Å². The fraction of sp³-hybridized carbons (Fsp3) is 0.148. The zero-order chi connectivity index (χ0) is 23.0. The van der Waals surface area contributed by atoms with Gasteiger partial charge in [-0.1, -0.05) is 90.6 Å². The SMILES string of the molecule is CCOC(=O)C1=C(c2ccccc2)NC(SCc2ccccc2C#N)=N[C@@H]1c1ccccc1. The number of carbonyl (C=O) groups is 1. The van der Waals surface area contributed by atoms with Crippen LogP contribution in [0, 0.1) is 11.3 Å². The third-order valence-corrected chi connectivity index (χ3v) is 6.13. The van der Waals surface area contributed by atoms with Gasteiger partial charge in [0.15, 0.2) is 5.17 Å². The minimum Gasteiger partial charge on any atom is -0.463 e. The number of hydrogen-bond acceptors (Lipinski definition) is 6. The summed E-state index contributed by atoms with van der Waals surface area (Å²) in [6.45, 7) is 2.08. The van der Waals surface area contributed by atoms with E-state index in [1.807, 2.05) is 84.9 Å². The van der Waals surface area contributed by atoms with E-state index in [1.54, 1.807) is 6.92 Å². The van der Waals surface area contributed by atoms with Gasteiger partial charge in [-0.2, -0.15) is 5.26 Å². The maximum atomic E-state index is 13.1. The Kier molecular flexibility index (Phi) is 7.23. The van der Waals surface area contributed by atoms with E-state index < -0.39 is 6.04 Å². The summed E-state index contributed by atoms with van der Waals surface area (Å²) in [5.74, 6) is 0.189. The van der Waals surface area contributed by atoms with Crippen LogP contribution < -0.4 is 5.32 Å². The van der Waals surface area contributed by atoms with Gasteiger partial charge in [0.05, 0.1) is 29.5 Å². The molecule has 5 nitrogen and oxygen atoms in total. The van der Waals surface area contributed by atoms with Gasteiger partial charge in [0, 0.05) is 5.75 Å². The van der Waals surface area contributed by atoms with E-state index in [9.17, 15) is 10.1 Å². The molecule has 0 fully saturated rings. The van der Waals surface area contributed by atoms with Crippen molar-refractivity contribution in [2.45, 2.75) is 18.7 Å². The molecule has 0 aliphatic carbocycles. The number of aliphatic imine (C=N–C) groups is 1. The number of esters is 1. The molecule has 1 N–H and O–H groups in total.